The normalized spacial score (nSPS) is 12.2. The number of aromatic nitrogens is 2. The summed E-state index contributed by atoms with van der Waals surface area (Å²) in [5.41, 5.74) is 1.65. The van der Waals surface area contributed by atoms with Crippen LogP contribution >= 0.6 is 0 Å². The molecule has 4 aromatic rings. The fraction of sp³-hybridized carbons (Fsp3) is 0.100. The molecule has 0 saturated carbocycles. The van der Waals surface area contributed by atoms with Gasteiger partial charge in [-0.2, -0.15) is 0 Å². The molecule has 0 fully saturated rings. The number of nitrogens with zero attached hydrogens (tertiary/aromatic N) is 2. The summed E-state index contributed by atoms with van der Waals surface area (Å²) < 4.78 is 7.57. The van der Waals surface area contributed by atoms with Crippen molar-refractivity contribution < 1.29 is 9.21 Å². The van der Waals surface area contributed by atoms with Crippen LogP contribution in [0.5, 0.6) is 0 Å². The van der Waals surface area contributed by atoms with Gasteiger partial charge in [-0.05, 0) is 17.7 Å². The number of hydrogen-bond acceptors (Lipinski definition) is 3. The fourth-order valence-corrected chi connectivity index (χ4v) is 2.89. The Bertz CT molecular complexity index is 985. The van der Waals surface area contributed by atoms with E-state index in [1.165, 1.54) is 0 Å². The van der Waals surface area contributed by atoms with Crippen molar-refractivity contribution in [2.45, 2.75) is 6.04 Å². The van der Waals surface area contributed by atoms with E-state index in [0.717, 1.165) is 16.8 Å². The zero-order chi connectivity index (χ0) is 17.2. The average Bonchev–Trinajstić information content (AvgIpc) is 3.26. The summed E-state index contributed by atoms with van der Waals surface area (Å²) in [6.45, 7) is 0. The number of aryl methyl sites for hydroxylation is 1. The van der Waals surface area contributed by atoms with Crippen LogP contribution in [0.15, 0.2) is 77.5 Å². The smallest absolute Gasteiger partial charge is 0.287 e. The van der Waals surface area contributed by atoms with Crippen LogP contribution in [0.1, 0.15) is 28.0 Å². The van der Waals surface area contributed by atoms with Gasteiger partial charge in [0, 0.05) is 24.8 Å². The monoisotopic (exact) mass is 331 g/mol. The third-order valence-electron chi connectivity index (χ3n) is 4.17. The number of furan rings is 1. The van der Waals surface area contributed by atoms with E-state index in [4.69, 9.17) is 4.42 Å². The molecule has 25 heavy (non-hydrogen) atoms. The minimum atomic E-state index is -0.359. The molecular formula is C20H17N3O2. The minimum absolute atomic E-state index is 0.270. The lowest BCUT2D eigenvalue weighted by Crippen LogP contribution is -2.30. The molecule has 1 amide bonds. The van der Waals surface area contributed by atoms with Gasteiger partial charge < -0.3 is 14.3 Å². The molecule has 124 valence electrons. The third kappa shape index (κ3) is 2.92. The molecule has 2 aromatic heterocycles. The van der Waals surface area contributed by atoms with Crippen molar-refractivity contribution in [3.05, 3.63) is 90.2 Å². The maximum Gasteiger partial charge on any atom is 0.287 e. The fourth-order valence-electron chi connectivity index (χ4n) is 2.89. The quantitative estimate of drug-likeness (QED) is 0.620. The Morgan fingerprint density at radius 2 is 1.88 bits per heavy atom. The molecule has 0 saturated heterocycles. The largest absolute Gasteiger partial charge is 0.451 e. The van der Waals surface area contributed by atoms with Crippen LogP contribution < -0.4 is 5.32 Å². The summed E-state index contributed by atoms with van der Waals surface area (Å²) in [5.74, 6) is 0.778. The van der Waals surface area contributed by atoms with Gasteiger partial charge in [0.2, 0.25) is 0 Å². The van der Waals surface area contributed by atoms with Gasteiger partial charge in [0.1, 0.15) is 17.4 Å². The van der Waals surface area contributed by atoms with E-state index in [1.54, 1.807) is 12.3 Å². The molecule has 5 heteroatoms. The summed E-state index contributed by atoms with van der Waals surface area (Å²) in [5, 5.41) is 3.94. The van der Waals surface area contributed by atoms with Crippen molar-refractivity contribution in [1.82, 2.24) is 14.9 Å². The SMILES string of the molecule is Cn1ccnc1[C@H](NC(=O)c1cc2ccccc2o1)c1ccccc1. The first-order valence-corrected chi connectivity index (χ1v) is 8.04. The van der Waals surface area contributed by atoms with Crippen molar-refractivity contribution in [1.29, 1.82) is 0 Å². The predicted molar refractivity (Wildman–Crippen MR) is 95.2 cm³/mol. The number of nitrogens with one attached hydrogen (secondary N) is 1. The average molecular weight is 331 g/mol. The lowest BCUT2D eigenvalue weighted by atomic mass is 10.1. The summed E-state index contributed by atoms with van der Waals surface area (Å²) in [6.07, 6.45) is 3.58. The number of imidazole rings is 1. The Kier molecular flexibility index (Phi) is 3.82. The molecule has 0 spiro atoms. The molecular weight excluding hydrogens is 314 g/mol. The molecule has 0 unspecified atom stereocenters. The van der Waals surface area contributed by atoms with Gasteiger partial charge in [-0.1, -0.05) is 48.5 Å². The van der Waals surface area contributed by atoms with E-state index in [-0.39, 0.29) is 17.7 Å². The lowest BCUT2D eigenvalue weighted by molar-refractivity contribution is 0.0915. The van der Waals surface area contributed by atoms with Crippen LogP contribution in [0.25, 0.3) is 11.0 Å². The molecule has 4 rings (SSSR count). The third-order valence-corrected chi connectivity index (χ3v) is 4.17. The molecule has 0 aliphatic rings. The number of hydrogen-bond donors (Lipinski definition) is 1. The standard InChI is InChI=1S/C20H17N3O2/c1-23-12-11-21-19(23)18(14-7-3-2-4-8-14)22-20(24)17-13-15-9-5-6-10-16(15)25-17/h2-13,18H,1H3,(H,22,24)/t18-/m1/s1. The van der Waals surface area contributed by atoms with Crippen molar-refractivity contribution in [3.8, 4) is 0 Å². The van der Waals surface area contributed by atoms with Crippen LogP contribution in [-0.4, -0.2) is 15.5 Å². The van der Waals surface area contributed by atoms with Gasteiger partial charge >= 0.3 is 0 Å². The maximum absolute atomic E-state index is 12.8. The van der Waals surface area contributed by atoms with Gasteiger partial charge in [-0.3, -0.25) is 4.79 Å². The number of para-hydroxylation sites is 1. The second-order valence-corrected chi connectivity index (χ2v) is 5.86. The van der Waals surface area contributed by atoms with Crippen molar-refractivity contribution in [2.24, 2.45) is 7.05 Å². The Morgan fingerprint density at radius 1 is 1.12 bits per heavy atom. The minimum Gasteiger partial charge on any atom is -0.451 e. The van der Waals surface area contributed by atoms with Crippen molar-refractivity contribution in [3.63, 3.8) is 0 Å². The number of carbonyl (C=O) groups is 1. The molecule has 1 N–H and O–H groups in total. The first-order chi connectivity index (χ1) is 12.2. The number of amides is 1. The second kappa shape index (κ2) is 6.28. The van der Waals surface area contributed by atoms with E-state index >= 15 is 0 Å². The van der Waals surface area contributed by atoms with Gasteiger partial charge in [0.05, 0.1) is 0 Å². The molecule has 2 heterocycles. The summed E-state index contributed by atoms with van der Waals surface area (Å²) >= 11 is 0. The van der Waals surface area contributed by atoms with E-state index in [2.05, 4.69) is 10.3 Å². The lowest BCUT2D eigenvalue weighted by Gasteiger charge is -2.18. The highest BCUT2D eigenvalue weighted by atomic mass is 16.3. The number of fused-ring (bicyclic) bond motifs is 1. The van der Waals surface area contributed by atoms with Crippen molar-refractivity contribution in [2.75, 3.05) is 0 Å². The highest BCUT2D eigenvalue weighted by Gasteiger charge is 2.23. The number of rotatable bonds is 4. The summed E-state index contributed by atoms with van der Waals surface area (Å²) in [7, 11) is 1.91. The van der Waals surface area contributed by atoms with E-state index in [9.17, 15) is 4.79 Å². The van der Waals surface area contributed by atoms with Gasteiger partial charge in [0.15, 0.2) is 5.76 Å². The Balaban J connectivity index is 1.68. The summed E-state index contributed by atoms with van der Waals surface area (Å²) in [4.78, 5) is 17.2. The molecule has 0 bridgehead atoms. The topological polar surface area (TPSA) is 60.1 Å². The van der Waals surface area contributed by atoms with Gasteiger partial charge in [-0.25, -0.2) is 4.98 Å². The molecule has 0 aliphatic carbocycles. The van der Waals surface area contributed by atoms with E-state index in [0.29, 0.717) is 5.58 Å². The molecule has 0 aliphatic heterocycles. The van der Waals surface area contributed by atoms with Crippen LogP contribution in [0, 0.1) is 0 Å². The molecule has 1 atom stereocenters. The predicted octanol–water partition coefficient (Wildman–Crippen LogP) is 3.69. The van der Waals surface area contributed by atoms with Crippen LogP contribution in [0.3, 0.4) is 0 Å². The highest BCUT2D eigenvalue weighted by Crippen LogP contribution is 2.23. The Morgan fingerprint density at radius 3 is 2.60 bits per heavy atom. The maximum atomic E-state index is 12.8. The Hall–Kier alpha value is -3.34. The number of benzene rings is 2. The second-order valence-electron chi connectivity index (χ2n) is 5.86. The van der Waals surface area contributed by atoms with Crippen LogP contribution in [0.2, 0.25) is 0 Å². The van der Waals surface area contributed by atoms with E-state index in [1.807, 2.05) is 72.4 Å². The van der Waals surface area contributed by atoms with Gasteiger partial charge in [0.25, 0.3) is 5.91 Å². The number of carbonyl (C=O) groups excluding carboxylic acids is 1. The molecule has 2 aromatic carbocycles. The van der Waals surface area contributed by atoms with Gasteiger partial charge in [-0.15, -0.1) is 0 Å². The first-order valence-electron chi connectivity index (χ1n) is 8.04. The van der Waals surface area contributed by atoms with Crippen LogP contribution in [-0.2, 0) is 7.05 Å². The first kappa shape index (κ1) is 15.2. The van der Waals surface area contributed by atoms with Crippen LogP contribution in [0.4, 0.5) is 0 Å². The summed E-state index contributed by atoms with van der Waals surface area (Å²) in [6, 6.07) is 18.7. The zero-order valence-electron chi connectivity index (χ0n) is 13.7. The highest BCUT2D eigenvalue weighted by molar-refractivity contribution is 5.96. The van der Waals surface area contributed by atoms with Crippen molar-refractivity contribution >= 4 is 16.9 Å². The molecule has 5 nitrogen and oxygen atoms in total. The zero-order valence-corrected chi connectivity index (χ0v) is 13.7. The Labute approximate surface area is 144 Å². The van der Waals surface area contributed by atoms with E-state index < -0.39 is 0 Å². The molecule has 0 radical (unpaired) electrons.